The molecule has 0 aromatic heterocycles. The minimum Gasteiger partial charge on any atom is -0.313 e. The Hall–Kier alpha value is -1.35. The lowest BCUT2D eigenvalue weighted by molar-refractivity contribution is -0.119. The van der Waals surface area contributed by atoms with Crippen LogP contribution in [-0.2, 0) is 17.8 Å². The van der Waals surface area contributed by atoms with Crippen LogP contribution in [0.1, 0.15) is 30.9 Å². The minimum atomic E-state index is 0.182. The number of benzene rings is 1. The van der Waals surface area contributed by atoms with Crippen molar-refractivity contribution in [2.75, 3.05) is 18.0 Å². The van der Waals surface area contributed by atoms with E-state index < -0.39 is 0 Å². The van der Waals surface area contributed by atoms with Gasteiger partial charge < -0.3 is 10.2 Å². The molecule has 0 aliphatic carbocycles. The van der Waals surface area contributed by atoms with E-state index in [1.165, 1.54) is 17.5 Å². The van der Waals surface area contributed by atoms with Crippen LogP contribution in [0, 0.1) is 5.92 Å². The lowest BCUT2D eigenvalue weighted by atomic mass is 10.0. The topological polar surface area (TPSA) is 32.3 Å². The third-order valence-electron chi connectivity index (χ3n) is 4.09. The second kappa shape index (κ2) is 4.73. The Balaban J connectivity index is 1.90. The lowest BCUT2D eigenvalue weighted by Gasteiger charge is -2.18. The molecule has 0 spiro atoms. The first-order chi connectivity index (χ1) is 8.75. The normalized spacial score (nSPS) is 23.9. The molecule has 0 radical (unpaired) electrons. The Kier molecular flexibility index (Phi) is 3.08. The Morgan fingerprint density at radius 2 is 2.22 bits per heavy atom. The number of amides is 1. The van der Waals surface area contributed by atoms with Gasteiger partial charge in [0.25, 0.3) is 0 Å². The van der Waals surface area contributed by atoms with Crippen LogP contribution in [0.25, 0.3) is 0 Å². The first kappa shape index (κ1) is 11.7. The van der Waals surface area contributed by atoms with Gasteiger partial charge in [-0.25, -0.2) is 0 Å². The molecule has 0 unspecified atom stereocenters. The quantitative estimate of drug-likeness (QED) is 0.820. The van der Waals surface area contributed by atoms with Crippen LogP contribution in [0.5, 0.6) is 0 Å². The number of hydrogen-bond acceptors (Lipinski definition) is 2. The molecule has 2 heterocycles. The molecule has 96 valence electrons. The highest BCUT2D eigenvalue weighted by molar-refractivity contribution is 5.97. The molecule has 1 fully saturated rings. The van der Waals surface area contributed by atoms with Crippen molar-refractivity contribution in [3.8, 4) is 0 Å². The Bertz CT molecular complexity index is 470. The van der Waals surface area contributed by atoms with Crippen LogP contribution in [0.4, 0.5) is 5.69 Å². The summed E-state index contributed by atoms with van der Waals surface area (Å²) in [5.41, 5.74) is 3.87. The molecular formula is C15H20N2O. The molecular weight excluding hydrogens is 224 g/mol. The molecule has 1 N–H and O–H groups in total. The number of nitrogens with zero attached hydrogens (tertiary/aromatic N) is 1. The monoisotopic (exact) mass is 244 g/mol. The molecule has 0 saturated carbocycles. The fourth-order valence-electron chi connectivity index (χ4n) is 2.89. The first-order valence-electron chi connectivity index (χ1n) is 6.89. The van der Waals surface area contributed by atoms with Crippen LogP contribution >= 0.6 is 0 Å². The summed E-state index contributed by atoms with van der Waals surface area (Å²) < 4.78 is 0. The van der Waals surface area contributed by atoms with Crippen LogP contribution in [0.3, 0.4) is 0 Å². The van der Waals surface area contributed by atoms with E-state index in [0.717, 1.165) is 38.2 Å². The largest absolute Gasteiger partial charge is 0.313 e. The molecule has 3 nitrogen and oxygen atoms in total. The van der Waals surface area contributed by atoms with Crippen molar-refractivity contribution in [1.82, 2.24) is 5.32 Å². The predicted molar refractivity (Wildman–Crippen MR) is 72.6 cm³/mol. The van der Waals surface area contributed by atoms with E-state index in [9.17, 15) is 4.79 Å². The Morgan fingerprint density at radius 1 is 1.33 bits per heavy atom. The molecule has 1 aromatic carbocycles. The van der Waals surface area contributed by atoms with E-state index in [0.29, 0.717) is 0 Å². The SMILES string of the molecule is C[C@H]1CCN(c2ccc3c(c2)CNCCC3)C1=O. The van der Waals surface area contributed by atoms with Crippen molar-refractivity contribution in [2.45, 2.75) is 32.7 Å². The van der Waals surface area contributed by atoms with E-state index in [4.69, 9.17) is 0 Å². The van der Waals surface area contributed by atoms with Crippen LogP contribution in [0.2, 0.25) is 0 Å². The number of carbonyl (C=O) groups is 1. The van der Waals surface area contributed by atoms with Gasteiger partial charge in [-0.2, -0.15) is 0 Å². The second-order valence-corrected chi connectivity index (χ2v) is 5.41. The highest BCUT2D eigenvalue weighted by atomic mass is 16.2. The van der Waals surface area contributed by atoms with Crippen molar-refractivity contribution < 1.29 is 4.79 Å². The van der Waals surface area contributed by atoms with Gasteiger partial charge in [0.15, 0.2) is 0 Å². The maximum atomic E-state index is 12.1. The van der Waals surface area contributed by atoms with Gasteiger partial charge >= 0.3 is 0 Å². The van der Waals surface area contributed by atoms with Crippen LogP contribution in [-0.4, -0.2) is 19.0 Å². The summed E-state index contributed by atoms with van der Waals surface area (Å²) in [6.07, 6.45) is 3.33. The molecule has 18 heavy (non-hydrogen) atoms. The molecule has 1 saturated heterocycles. The van der Waals surface area contributed by atoms with E-state index in [1.54, 1.807) is 0 Å². The molecule has 1 amide bonds. The summed E-state index contributed by atoms with van der Waals surface area (Å²) in [5.74, 6) is 0.457. The summed E-state index contributed by atoms with van der Waals surface area (Å²) in [5, 5.41) is 3.44. The number of nitrogens with one attached hydrogen (secondary N) is 1. The number of rotatable bonds is 1. The highest BCUT2D eigenvalue weighted by Crippen LogP contribution is 2.27. The first-order valence-corrected chi connectivity index (χ1v) is 6.89. The van der Waals surface area contributed by atoms with Gasteiger partial charge in [0.1, 0.15) is 0 Å². The van der Waals surface area contributed by atoms with Gasteiger partial charge in [-0.05, 0) is 49.1 Å². The molecule has 1 aromatic rings. The van der Waals surface area contributed by atoms with E-state index in [2.05, 4.69) is 23.5 Å². The van der Waals surface area contributed by atoms with Crippen molar-refractivity contribution in [3.63, 3.8) is 0 Å². The molecule has 3 heteroatoms. The summed E-state index contributed by atoms with van der Waals surface area (Å²) in [7, 11) is 0. The van der Waals surface area contributed by atoms with E-state index in [-0.39, 0.29) is 11.8 Å². The van der Waals surface area contributed by atoms with Gasteiger partial charge in [-0.1, -0.05) is 13.0 Å². The smallest absolute Gasteiger partial charge is 0.229 e. The summed E-state index contributed by atoms with van der Waals surface area (Å²) in [4.78, 5) is 14.0. The molecule has 2 aliphatic rings. The average molecular weight is 244 g/mol. The lowest BCUT2D eigenvalue weighted by Crippen LogP contribution is -2.26. The average Bonchev–Trinajstić information content (AvgIpc) is 2.61. The standard InChI is InChI=1S/C15H20N2O/c1-11-6-8-17(15(11)18)14-5-4-12-3-2-7-16-10-13(12)9-14/h4-5,9,11,16H,2-3,6-8,10H2,1H3/t11-/m0/s1. The van der Waals surface area contributed by atoms with Crippen molar-refractivity contribution >= 4 is 11.6 Å². The van der Waals surface area contributed by atoms with Crippen molar-refractivity contribution in [1.29, 1.82) is 0 Å². The molecule has 2 aliphatic heterocycles. The van der Waals surface area contributed by atoms with Gasteiger partial charge in [-0.15, -0.1) is 0 Å². The highest BCUT2D eigenvalue weighted by Gasteiger charge is 2.29. The summed E-state index contributed by atoms with van der Waals surface area (Å²) in [6, 6.07) is 6.51. The number of fused-ring (bicyclic) bond motifs is 1. The second-order valence-electron chi connectivity index (χ2n) is 5.41. The molecule has 0 bridgehead atoms. The fourth-order valence-corrected chi connectivity index (χ4v) is 2.89. The molecule has 1 atom stereocenters. The number of aryl methyl sites for hydroxylation is 1. The maximum Gasteiger partial charge on any atom is 0.229 e. The van der Waals surface area contributed by atoms with Gasteiger partial charge in [-0.3, -0.25) is 4.79 Å². The fraction of sp³-hybridized carbons (Fsp3) is 0.533. The number of anilines is 1. The summed E-state index contributed by atoms with van der Waals surface area (Å²) in [6.45, 7) is 4.91. The predicted octanol–water partition coefficient (Wildman–Crippen LogP) is 2.10. The van der Waals surface area contributed by atoms with Crippen LogP contribution < -0.4 is 10.2 Å². The van der Waals surface area contributed by atoms with Crippen molar-refractivity contribution in [3.05, 3.63) is 29.3 Å². The Labute approximate surface area is 108 Å². The molecule has 3 rings (SSSR count). The Morgan fingerprint density at radius 3 is 3.00 bits per heavy atom. The summed E-state index contributed by atoms with van der Waals surface area (Å²) >= 11 is 0. The van der Waals surface area contributed by atoms with E-state index >= 15 is 0 Å². The number of hydrogen-bond donors (Lipinski definition) is 1. The maximum absolute atomic E-state index is 12.1. The van der Waals surface area contributed by atoms with Gasteiger partial charge in [0, 0.05) is 24.7 Å². The van der Waals surface area contributed by atoms with Gasteiger partial charge in [0.2, 0.25) is 5.91 Å². The minimum absolute atomic E-state index is 0.182. The van der Waals surface area contributed by atoms with Crippen molar-refractivity contribution in [2.24, 2.45) is 5.92 Å². The van der Waals surface area contributed by atoms with E-state index in [1.807, 2.05) is 11.8 Å². The zero-order valence-electron chi connectivity index (χ0n) is 10.9. The van der Waals surface area contributed by atoms with Gasteiger partial charge in [0.05, 0.1) is 0 Å². The number of carbonyl (C=O) groups excluding carboxylic acids is 1. The third kappa shape index (κ3) is 2.03. The van der Waals surface area contributed by atoms with Crippen LogP contribution in [0.15, 0.2) is 18.2 Å². The zero-order valence-corrected chi connectivity index (χ0v) is 10.9. The third-order valence-corrected chi connectivity index (χ3v) is 4.09. The zero-order chi connectivity index (χ0) is 12.5.